The van der Waals surface area contributed by atoms with Gasteiger partial charge in [-0.3, -0.25) is 0 Å². The van der Waals surface area contributed by atoms with Crippen molar-refractivity contribution in [3.63, 3.8) is 0 Å². The van der Waals surface area contributed by atoms with Gasteiger partial charge in [-0.15, -0.1) is 0 Å². The smallest absolute Gasteiger partial charge is 0.339 e. The van der Waals surface area contributed by atoms with Crippen molar-refractivity contribution in [1.29, 1.82) is 0 Å². The molecule has 0 atom stereocenters. The van der Waals surface area contributed by atoms with E-state index in [2.05, 4.69) is 21.2 Å². The van der Waals surface area contributed by atoms with Crippen LogP contribution < -0.4 is 11.5 Å². The number of anilines is 1. The van der Waals surface area contributed by atoms with Crippen LogP contribution in [0.4, 0.5) is 5.69 Å². The maximum Gasteiger partial charge on any atom is 0.339 e. The molecule has 6 N–H and O–H groups in total. The normalized spacial score (nSPS) is 10.1. The van der Waals surface area contributed by atoms with E-state index in [4.69, 9.17) is 9.52 Å². The zero-order chi connectivity index (χ0) is 17.1. The van der Waals surface area contributed by atoms with Gasteiger partial charge in [0.2, 0.25) is 0 Å². The minimum Gasteiger partial charge on any atom is -0.507 e. The third-order valence-electron chi connectivity index (χ3n) is 3.48. The van der Waals surface area contributed by atoms with Crippen molar-refractivity contribution in [1.82, 2.24) is 6.15 Å². The van der Waals surface area contributed by atoms with Crippen LogP contribution in [0.15, 0.2) is 63.5 Å². The van der Waals surface area contributed by atoms with E-state index >= 15 is 0 Å². The van der Waals surface area contributed by atoms with Gasteiger partial charge in [-0.1, -0.05) is 15.9 Å². The van der Waals surface area contributed by atoms with Gasteiger partial charge in [-0.2, -0.15) is 0 Å². The summed E-state index contributed by atoms with van der Waals surface area (Å²) < 4.78 is 6.75. The summed E-state index contributed by atoms with van der Waals surface area (Å²) in [6.07, 6.45) is 0. The van der Waals surface area contributed by atoms with Crippen LogP contribution in [0.5, 0.6) is 5.75 Å². The molecule has 0 bridgehead atoms. The average molecular weight is 405 g/mol. The summed E-state index contributed by atoms with van der Waals surface area (Å²) in [4.78, 5) is 11.1. The number of hydrogen-bond acceptors (Lipinski definition) is 5. The molecule has 3 rings (SSSR count). The molecule has 0 aliphatic carbocycles. The Morgan fingerprint density at radius 3 is 2.48 bits per heavy atom. The molecular formula is C18H17BrN2O4. The number of benzene rings is 2. The fourth-order valence-corrected chi connectivity index (χ4v) is 2.51. The van der Waals surface area contributed by atoms with Crippen LogP contribution >= 0.6 is 15.9 Å². The predicted molar refractivity (Wildman–Crippen MR) is 99.3 cm³/mol. The molecule has 0 unspecified atom stereocenters. The van der Waals surface area contributed by atoms with Crippen molar-refractivity contribution in [2.45, 2.75) is 6.54 Å². The lowest BCUT2D eigenvalue weighted by molar-refractivity contribution is 0.0694. The molecule has 0 amide bonds. The van der Waals surface area contributed by atoms with E-state index < -0.39 is 5.97 Å². The predicted octanol–water partition coefficient (Wildman–Crippen LogP) is 4.89. The van der Waals surface area contributed by atoms with Crippen LogP contribution in [0.2, 0.25) is 0 Å². The monoisotopic (exact) mass is 404 g/mol. The molecule has 6 nitrogen and oxygen atoms in total. The molecule has 0 aliphatic rings. The fraction of sp³-hybridized carbons (Fsp3) is 0.0556. The largest absolute Gasteiger partial charge is 0.507 e. The lowest BCUT2D eigenvalue weighted by atomic mass is 10.1. The van der Waals surface area contributed by atoms with Crippen molar-refractivity contribution in [2.75, 3.05) is 5.32 Å². The molecule has 7 heteroatoms. The van der Waals surface area contributed by atoms with Gasteiger partial charge in [0.25, 0.3) is 0 Å². The van der Waals surface area contributed by atoms with E-state index in [1.54, 1.807) is 12.1 Å². The second-order valence-corrected chi connectivity index (χ2v) is 6.08. The Hall–Kier alpha value is -2.77. The van der Waals surface area contributed by atoms with E-state index in [0.29, 0.717) is 17.9 Å². The number of phenols is 1. The number of carboxylic acids is 1. The highest BCUT2D eigenvalue weighted by Gasteiger charge is 2.13. The van der Waals surface area contributed by atoms with Crippen molar-refractivity contribution in [3.05, 3.63) is 70.4 Å². The van der Waals surface area contributed by atoms with Crippen molar-refractivity contribution < 1.29 is 19.4 Å². The average Bonchev–Trinajstić information content (AvgIpc) is 3.03. The summed E-state index contributed by atoms with van der Waals surface area (Å²) >= 11 is 3.39. The SMILES string of the molecule is N.O=C(O)c1cc(-c2ccc(CNc3ccc(Br)cc3)o2)ccc1O. The first-order chi connectivity index (χ1) is 11.5. The van der Waals surface area contributed by atoms with Gasteiger partial charge in [-0.05, 0) is 54.6 Å². The first-order valence-corrected chi connectivity index (χ1v) is 7.97. The van der Waals surface area contributed by atoms with Crippen LogP contribution in [0.1, 0.15) is 16.1 Å². The van der Waals surface area contributed by atoms with Crippen LogP contribution in [0.3, 0.4) is 0 Å². The van der Waals surface area contributed by atoms with Crippen LogP contribution in [0.25, 0.3) is 11.3 Å². The minimum atomic E-state index is -1.18. The molecule has 0 aliphatic heterocycles. The van der Waals surface area contributed by atoms with Gasteiger partial charge < -0.3 is 26.1 Å². The number of nitrogens with one attached hydrogen (secondary N) is 1. The number of carbonyl (C=O) groups is 1. The molecule has 3 aromatic rings. The molecule has 0 spiro atoms. The molecule has 2 aromatic carbocycles. The van der Waals surface area contributed by atoms with E-state index in [1.165, 1.54) is 12.1 Å². The van der Waals surface area contributed by atoms with Crippen molar-refractivity contribution in [3.8, 4) is 17.1 Å². The van der Waals surface area contributed by atoms with E-state index in [1.807, 2.05) is 30.3 Å². The molecule has 0 radical (unpaired) electrons. The Balaban J connectivity index is 0.00000225. The van der Waals surface area contributed by atoms with Gasteiger partial charge in [0, 0.05) is 15.7 Å². The maximum absolute atomic E-state index is 11.1. The number of rotatable bonds is 5. The summed E-state index contributed by atoms with van der Waals surface area (Å²) in [6, 6.07) is 15.8. The third kappa shape index (κ3) is 4.40. The zero-order valence-corrected chi connectivity index (χ0v) is 14.8. The Morgan fingerprint density at radius 2 is 1.80 bits per heavy atom. The lowest BCUT2D eigenvalue weighted by Crippen LogP contribution is -1.97. The van der Waals surface area contributed by atoms with Crippen LogP contribution in [-0.2, 0) is 6.54 Å². The quantitative estimate of drug-likeness (QED) is 0.480. The Morgan fingerprint density at radius 1 is 1.08 bits per heavy atom. The molecule has 1 heterocycles. The second kappa shape index (κ2) is 7.87. The fourth-order valence-electron chi connectivity index (χ4n) is 2.25. The van der Waals surface area contributed by atoms with Gasteiger partial charge in [-0.25, -0.2) is 4.79 Å². The Bertz CT molecular complexity index is 875. The topological polar surface area (TPSA) is 118 Å². The summed E-state index contributed by atoms with van der Waals surface area (Å²) in [5.41, 5.74) is 1.41. The summed E-state index contributed by atoms with van der Waals surface area (Å²) in [5, 5.41) is 21.9. The number of aromatic hydroxyl groups is 1. The zero-order valence-electron chi connectivity index (χ0n) is 13.2. The van der Waals surface area contributed by atoms with Gasteiger partial charge >= 0.3 is 5.97 Å². The molecular weight excluding hydrogens is 388 g/mol. The molecule has 0 saturated carbocycles. The number of furan rings is 1. The lowest BCUT2D eigenvalue weighted by Gasteiger charge is -2.05. The van der Waals surface area contributed by atoms with E-state index in [9.17, 15) is 9.90 Å². The summed E-state index contributed by atoms with van der Waals surface area (Å²) in [5.74, 6) is -0.184. The summed E-state index contributed by atoms with van der Waals surface area (Å²) in [6.45, 7) is 0.505. The first-order valence-electron chi connectivity index (χ1n) is 7.18. The van der Waals surface area contributed by atoms with Crippen molar-refractivity contribution in [2.24, 2.45) is 0 Å². The molecule has 0 fully saturated rings. The Kier molecular flexibility index (Phi) is 5.84. The van der Waals surface area contributed by atoms with Crippen molar-refractivity contribution >= 4 is 27.6 Å². The van der Waals surface area contributed by atoms with E-state index in [0.717, 1.165) is 15.9 Å². The molecule has 0 saturated heterocycles. The highest BCUT2D eigenvalue weighted by atomic mass is 79.9. The highest BCUT2D eigenvalue weighted by Crippen LogP contribution is 2.28. The Labute approximate surface area is 152 Å². The highest BCUT2D eigenvalue weighted by molar-refractivity contribution is 9.10. The molecule has 25 heavy (non-hydrogen) atoms. The minimum absolute atomic E-state index is 0. The van der Waals surface area contributed by atoms with Crippen LogP contribution in [-0.4, -0.2) is 16.2 Å². The van der Waals surface area contributed by atoms with Crippen LogP contribution in [0, 0.1) is 0 Å². The number of hydrogen-bond donors (Lipinski definition) is 4. The molecule has 130 valence electrons. The van der Waals surface area contributed by atoms with Gasteiger partial charge in [0.05, 0.1) is 6.54 Å². The molecule has 1 aromatic heterocycles. The summed E-state index contributed by atoms with van der Waals surface area (Å²) in [7, 11) is 0. The van der Waals surface area contributed by atoms with E-state index in [-0.39, 0.29) is 17.5 Å². The standard InChI is InChI=1S/C18H14BrNO4.H3N/c19-12-2-4-13(5-3-12)20-10-14-6-8-17(24-14)11-1-7-16(21)15(9-11)18(22)23;/h1-9,20-21H,10H2,(H,22,23);1H3. The first kappa shape index (κ1) is 18.6. The number of halogens is 1. The number of carboxylic acid groups (broad SMARTS) is 1. The number of aromatic carboxylic acids is 1. The van der Waals surface area contributed by atoms with Gasteiger partial charge in [0.15, 0.2) is 0 Å². The third-order valence-corrected chi connectivity index (χ3v) is 4.01. The van der Waals surface area contributed by atoms with Gasteiger partial charge in [0.1, 0.15) is 22.8 Å². The maximum atomic E-state index is 11.1. The second-order valence-electron chi connectivity index (χ2n) is 5.16.